The number of carbonyl (C=O) groups is 1. The second-order valence-corrected chi connectivity index (χ2v) is 5.73. The van der Waals surface area contributed by atoms with E-state index in [1.807, 2.05) is 0 Å². The van der Waals surface area contributed by atoms with Crippen LogP contribution < -0.4 is 0 Å². The van der Waals surface area contributed by atoms with E-state index in [2.05, 4.69) is 19.1 Å². The van der Waals surface area contributed by atoms with E-state index in [-0.39, 0.29) is 17.1 Å². The zero-order valence-corrected chi connectivity index (χ0v) is 16.3. The summed E-state index contributed by atoms with van der Waals surface area (Å²) < 4.78 is 0. The van der Waals surface area contributed by atoms with Crippen molar-refractivity contribution in [1.82, 2.24) is 0 Å². The molecule has 0 saturated carbocycles. The van der Waals surface area contributed by atoms with Crippen molar-refractivity contribution in [1.29, 1.82) is 0 Å². The summed E-state index contributed by atoms with van der Waals surface area (Å²) in [5.74, 6) is -0.664. The Labute approximate surface area is 154 Å². The molecule has 0 aromatic carbocycles. The predicted molar refractivity (Wildman–Crippen MR) is 95.2 cm³/mol. The average molecular weight is 370 g/mol. The maximum atomic E-state index is 10.3. The molecule has 3 nitrogen and oxygen atoms in total. The number of aliphatic hydroxyl groups is 1. The smallest absolute Gasteiger partial charge is 0.303 e. The minimum atomic E-state index is -0.664. The Morgan fingerprint density at radius 1 is 0.739 bits per heavy atom. The third kappa shape index (κ3) is 30.2. The van der Waals surface area contributed by atoms with Gasteiger partial charge in [0.1, 0.15) is 0 Å². The van der Waals surface area contributed by atoms with Gasteiger partial charge in [-0.1, -0.05) is 70.4 Å². The summed E-state index contributed by atoms with van der Waals surface area (Å²) in [6.07, 6.45) is 21.2. The van der Waals surface area contributed by atoms with E-state index in [0.29, 0.717) is 6.42 Å². The van der Waals surface area contributed by atoms with Crippen LogP contribution in [0, 0.1) is 0 Å². The Kier molecular flexibility index (Phi) is 31.8. The number of allylic oxidation sites excluding steroid dienone is 2. The Balaban J connectivity index is -0.00000128. The predicted octanol–water partition coefficient (Wildman–Crippen LogP) is 5.71. The van der Waals surface area contributed by atoms with Crippen LogP contribution in [0.4, 0.5) is 0 Å². The molecule has 0 aliphatic rings. The van der Waals surface area contributed by atoms with Crippen LogP contribution >= 0.6 is 0 Å². The van der Waals surface area contributed by atoms with Crippen LogP contribution in [-0.2, 0) is 21.9 Å². The first-order valence-electron chi connectivity index (χ1n) is 9.09. The molecule has 4 heteroatoms. The molecular formula is C19H38FeO3. The Bertz CT molecular complexity index is 243. The van der Waals surface area contributed by atoms with Crippen molar-refractivity contribution in [3.63, 3.8) is 0 Å². The number of carboxylic acid groups (broad SMARTS) is 1. The number of aliphatic hydroxyl groups excluding tert-OH is 1. The summed E-state index contributed by atoms with van der Waals surface area (Å²) >= 11 is 0. The zero-order chi connectivity index (χ0) is 16.9. The van der Waals surface area contributed by atoms with Crippen LogP contribution in [0.3, 0.4) is 0 Å². The fraction of sp³-hybridized carbons (Fsp3) is 0.842. The number of rotatable bonds is 15. The van der Waals surface area contributed by atoms with E-state index >= 15 is 0 Å². The summed E-state index contributed by atoms with van der Waals surface area (Å²) in [4.78, 5) is 10.3. The van der Waals surface area contributed by atoms with Gasteiger partial charge in [0.2, 0.25) is 0 Å². The van der Waals surface area contributed by atoms with E-state index in [9.17, 15) is 4.79 Å². The summed E-state index contributed by atoms with van der Waals surface area (Å²) in [7, 11) is 1.00. The molecule has 0 unspecified atom stereocenters. The van der Waals surface area contributed by atoms with Crippen LogP contribution in [0.1, 0.15) is 96.8 Å². The van der Waals surface area contributed by atoms with Crippen molar-refractivity contribution in [2.45, 2.75) is 96.8 Å². The molecule has 0 fully saturated rings. The third-order valence-corrected chi connectivity index (χ3v) is 3.65. The fourth-order valence-corrected chi connectivity index (χ4v) is 2.35. The largest absolute Gasteiger partial charge is 0.481 e. The second-order valence-electron chi connectivity index (χ2n) is 5.73. The van der Waals surface area contributed by atoms with Crippen LogP contribution in [0.5, 0.6) is 0 Å². The normalized spacial score (nSPS) is 10.0. The quantitative estimate of drug-likeness (QED) is 0.220. The zero-order valence-electron chi connectivity index (χ0n) is 15.2. The van der Waals surface area contributed by atoms with Gasteiger partial charge in [-0.25, -0.2) is 0 Å². The number of hydrogen-bond donors (Lipinski definition) is 2. The first kappa shape index (κ1) is 27.5. The summed E-state index contributed by atoms with van der Waals surface area (Å²) in [5.41, 5.74) is 0. The summed E-state index contributed by atoms with van der Waals surface area (Å²) in [6, 6.07) is 0. The summed E-state index contributed by atoms with van der Waals surface area (Å²) in [6.45, 7) is 2.26. The van der Waals surface area contributed by atoms with Crippen LogP contribution in [0.15, 0.2) is 12.2 Å². The number of carboxylic acids is 1. The molecule has 0 atom stereocenters. The van der Waals surface area contributed by atoms with Crippen LogP contribution in [0.2, 0.25) is 0 Å². The first-order chi connectivity index (χ1) is 10.8. The van der Waals surface area contributed by atoms with Crippen molar-refractivity contribution in [3.8, 4) is 0 Å². The van der Waals surface area contributed by atoms with Gasteiger partial charge in [0.15, 0.2) is 0 Å². The van der Waals surface area contributed by atoms with E-state index < -0.39 is 5.97 Å². The molecule has 0 heterocycles. The molecule has 0 aromatic rings. The number of aliphatic carboxylic acids is 1. The van der Waals surface area contributed by atoms with Crippen molar-refractivity contribution < 1.29 is 32.1 Å². The summed E-state index contributed by atoms with van der Waals surface area (Å²) in [5, 5.41) is 15.5. The minimum absolute atomic E-state index is 0. The first-order valence-corrected chi connectivity index (χ1v) is 9.09. The van der Waals surface area contributed by atoms with E-state index in [0.717, 1.165) is 20.0 Å². The van der Waals surface area contributed by atoms with E-state index in [1.165, 1.54) is 70.6 Å². The van der Waals surface area contributed by atoms with Gasteiger partial charge in [-0.05, 0) is 32.1 Å². The van der Waals surface area contributed by atoms with Crippen molar-refractivity contribution in [2.75, 3.05) is 7.11 Å². The molecule has 0 rings (SSSR count). The van der Waals surface area contributed by atoms with Gasteiger partial charge in [-0.3, -0.25) is 4.79 Å². The molecule has 0 aromatic heterocycles. The standard InChI is InChI=1S/C18H34O2.CH4O.Fe/c1-2-3-4-5-6-7-8-9-10-11-12-13-14-15-16-17-18(19)20;1-2;/h9-10H,2-8,11-17H2,1H3,(H,19,20);2H,1H3;/b10-9-;;. The molecule has 23 heavy (non-hydrogen) atoms. The Morgan fingerprint density at radius 2 is 1.13 bits per heavy atom. The van der Waals surface area contributed by atoms with E-state index in [1.54, 1.807) is 0 Å². The van der Waals surface area contributed by atoms with Crippen LogP contribution in [-0.4, -0.2) is 23.3 Å². The van der Waals surface area contributed by atoms with Gasteiger partial charge in [0, 0.05) is 30.6 Å². The van der Waals surface area contributed by atoms with Gasteiger partial charge in [0.25, 0.3) is 0 Å². The van der Waals surface area contributed by atoms with Gasteiger partial charge >= 0.3 is 5.97 Å². The monoisotopic (exact) mass is 370 g/mol. The number of hydrogen-bond acceptors (Lipinski definition) is 2. The van der Waals surface area contributed by atoms with Gasteiger partial charge in [-0.2, -0.15) is 0 Å². The average Bonchev–Trinajstić information content (AvgIpc) is 2.53. The van der Waals surface area contributed by atoms with Crippen molar-refractivity contribution in [2.24, 2.45) is 0 Å². The second kappa shape index (κ2) is 26.6. The number of unbranched alkanes of at least 4 members (excludes halogenated alkanes) is 11. The molecule has 0 bridgehead atoms. The Morgan fingerprint density at radius 3 is 1.57 bits per heavy atom. The molecule has 0 amide bonds. The topological polar surface area (TPSA) is 57.5 Å². The molecule has 0 saturated heterocycles. The molecule has 0 radical (unpaired) electrons. The molecule has 0 aliphatic carbocycles. The van der Waals surface area contributed by atoms with Crippen molar-refractivity contribution >= 4 is 5.97 Å². The maximum Gasteiger partial charge on any atom is 0.303 e. The maximum absolute atomic E-state index is 10.3. The molecule has 2 N–H and O–H groups in total. The van der Waals surface area contributed by atoms with Gasteiger partial charge in [-0.15, -0.1) is 0 Å². The Hall–Kier alpha value is -0.311. The van der Waals surface area contributed by atoms with Crippen LogP contribution in [0.25, 0.3) is 0 Å². The fourth-order valence-electron chi connectivity index (χ4n) is 2.35. The molecular weight excluding hydrogens is 332 g/mol. The molecule has 0 spiro atoms. The SMILES string of the molecule is CCCCCCCC/C=C\CCCCCCCC(=O)O.CO.[Fe]. The van der Waals surface area contributed by atoms with E-state index in [4.69, 9.17) is 10.2 Å². The third-order valence-electron chi connectivity index (χ3n) is 3.65. The van der Waals surface area contributed by atoms with Crippen molar-refractivity contribution in [3.05, 3.63) is 12.2 Å². The van der Waals surface area contributed by atoms with Gasteiger partial charge < -0.3 is 10.2 Å². The molecule has 140 valence electrons. The van der Waals surface area contributed by atoms with Gasteiger partial charge in [0.05, 0.1) is 0 Å². The molecule has 0 aliphatic heterocycles. The minimum Gasteiger partial charge on any atom is -0.481 e.